The molecule has 0 atom stereocenters. The second-order valence-electron chi connectivity index (χ2n) is 4.96. The molecule has 0 saturated heterocycles. The van der Waals surface area contributed by atoms with Crippen molar-refractivity contribution in [2.75, 3.05) is 5.32 Å². The molecule has 114 valence electrons. The molecule has 0 radical (unpaired) electrons. The summed E-state index contributed by atoms with van der Waals surface area (Å²) in [5, 5.41) is 3.32. The van der Waals surface area contributed by atoms with Crippen molar-refractivity contribution in [3.8, 4) is 0 Å². The molecule has 0 unspecified atom stereocenters. The monoisotopic (exact) mass is 341 g/mol. The maximum atomic E-state index is 12.3. The smallest absolute Gasteiger partial charge is 0.300 e. The highest BCUT2D eigenvalue weighted by molar-refractivity contribution is 7.22. The zero-order valence-corrected chi connectivity index (χ0v) is 13.5. The van der Waals surface area contributed by atoms with E-state index in [1.54, 1.807) is 0 Å². The molecule has 7 heteroatoms. The second-order valence-corrected chi connectivity index (χ2v) is 6.98. The molecule has 0 saturated carbocycles. The van der Waals surface area contributed by atoms with E-state index in [9.17, 15) is 9.59 Å². The Morgan fingerprint density at radius 3 is 2.61 bits per heavy atom. The Labute approximate surface area is 138 Å². The van der Waals surface area contributed by atoms with E-state index in [2.05, 4.69) is 10.3 Å². The number of hydrogen-bond acceptors (Lipinski definition) is 5. The largest absolute Gasteiger partial charge is 0.308 e. The zero-order chi connectivity index (χ0) is 15.8. The highest BCUT2D eigenvalue weighted by atomic mass is 32.1. The van der Waals surface area contributed by atoms with Crippen molar-refractivity contribution >= 4 is 54.1 Å². The van der Waals surface area contributed by atoms with Crippen molar-refractivity contribution in [1.82, 2.24) is 9.55 Å². The highest BCUT2D eigenvalue weighted by Gasteiger charge is 2.12. The first kappa shape index (κ1) is 14.1. The molecule has 0 aliphatic rings. The molecule has 0 aliphatic heterocycles. The number of aromatic nitrogens is 2. The van der Waals surface area contributed by atoms with Gasteiger partial charge in [-0.25, -0.2) is 4.98 Å². The maximum Gasteiger partial charge on any atom is 0.308 e. The van der Waals surface area contributed by atoms with Crippen LogP contribution < -0.4 is 10.2 Å². The molecular weight excluding hydrogens is 330 g/mol. The van der Waals surface area contributed by atoms with Crippen LogP contribution >= 0.6 is 22.7 Å². The van der Waals surface area contributed by atoms with Crippen LogP contribution in [0.15, 0.2) is 53.3 Å². The van der Waals surface area contributed by atoms with Gasteiger partial charge in [0.05, 0.1) is 20.4 Å². The standard InChI is InChI=1S/C16H11N3O2S2/c20-14(18-15-17-10-5-1-3-7-12(10)22-15)9-19-11-6-2-4-8-13(11)23-16(19)21/h1-8H,9H2,(H,17,18,20). The lowest BCUT2D eigenvalue weighted by Gasteiger charge is -2.03. The van der Waals surface area contributed by atoms with E-state index in [0.29, 0.717) is 5.13 Å². The minimum Gasteiger partial charge on any atom is -0.300 e. The molecule has 0 fully saturated rings. The molecule has 4 aromatic rings. The number of amides is 1. The summed E-state index contributed by atoms with van der Waals surface area (Å²) in [7, 11) is 0. The molecule has 1 N–H and O–H groups in total. The van der Waals surface area contributed by atoms with E-state index in [4.69, 9.17) is 0 Å². The van der Waals surface area contributed by atoms with E-state index in [1.165, 1.54) is 15.9 Å². The van der Waals surface area contributed by atoms with Crippen LogP contribution in [0.1, 0.15) is 0 Å². The van der Waals surface area contributed by atoms with Crippen molar-refractivity contribution < 1.29 is 4.79 Å². The average molecular weight is 341 g/mol. The van der Waals surface area contributed by atoms with E-state index < -0.39 is 0 Å². The van der Waals surface area contributed by atoms with Gasteiger partial charge in [-0.15, -0.1) is 0 Å². The molecule has 23 heavy (non-hydrogen) atoms. The maximum absolute atomic E-state index is 12.3. The molecule has 2 aromatic carbocycles. The van der Waals surface area contributed by atoms with Crippen LogP contribution in [0.5, 0.6) is 0 Å². The number of nitrogens with one attached hydrogen (secondary N) is 1. The Balaban J connectivity index is 1.59. The molecule has 5 nitrogen and oxygen atoms in total. The Morgan fingerprint density at radius 1 is 1.04 bits per heavy atom. The number of thiazole rings is 2. The van der Waals surface area contributed by atoms with Crippen LogP contribution in [0.3, 0.4) is 0 Å². The van der Waals surface area contributed by atoms with Crippen molar-refractivity contribution in [2.45, 2.75) is 6.54 Å². The van der Waals surface area contributed by atoms with Crippen LogP contribution in [0.25, 0.3) is 20.4 Å². The summed E-state index contributed by atoms with van der Waals surface area (Å²) in [5.74, 6) is -0.255. The third kappa shape index (κ3) is 2.64. The van der Waals surface area contributed by atoms with Crippen LogP contribution in [0.2, 0.25) is 0 Å². The molecule has 0 aliphatic carbocycles. The lowest BCUT2D eigenvalue weighted by Crippen LogP contribution is -2.24. The summed E-state index contributed by atoms with van der Waals surface area (Å²) in [6.45, 7) is -0.0151. The topological polar surface area (TPSA) is 64.0 Å². The molecule has 2 aromatic heterocycles. The molecule has 1 amide bonds. The number of rotatable bonds is 3. The van der Waals surface area contributed by atoms with Gasteiger partial charge in [-0.1, -0.05) is 46.9 Å². The first-order chi connectivity index (χ1) is 11.2. The number of carbonyl (C=O) groups excluding carboxylic acids is 1. The first-order valence-corrected chi connectivity index (χ1v) is 8.58. The zero-order valence-electron chi connectivity index (χ0n) is 11.9. The predicted molar refractivity (Wildman–Crippen MR) is 94.3 cm³/mol. The molecule has 0 bridgehead atoms. The number of para-hydroxylation sites is 2. The Morgan fingerprint density at radius 2 is 1.78 bits per heavy atom. The number of nitrogens with zero attached hydrogens (tertiary/aromatic N) is 2. The summed E-state index contributed by atoms with van der Waals surface area (Å²) in [6.07, 6.45) is 0. The van der Waals surface area contributed by atoms with E-state index in [1.807, 2.05) is 48.5 Å². The summed E-state index contributed by atoms with van der Waals surface area (Å²) >= 11 is 2.56. The normalized spacial score (nSPS) is 11.1. The number of anilines is 1. The average Bonchev–Trinajstić information content (AvgIpc) is 3.08. The number of fused-ring (bicyclic) bond motifs is 2. The Hall–Kier alpha value is -2.51. The van der Waals surface area contributed by atoms with Crippen molar-refractivity contribution in [2.24, 2.45) is 0 Å². The third-order valence-electron chi connectivity index (χ3n) is 3.42. The summed E-state index contributed by atoms with van der Waals surface area (Å²) < 4.78 is 3.38. The quantitative estimate of drug-likeness (QED) is 0.622. The van der Waals surface area contributed by atoms with E-state index in [-0.39, 0.29) is 17.3 Å². The van der Waals surface area contributed by atoms with Gasteiger partial charge in [0.25, 0.3) is 0 Å². The van der Waals surface area contributed by atoms with E-state index >= 15 is 0 Å². The van der Waals surface area contributed by atoms with Gasteiger partial charge >= 0.3 is 4.87 Å². The van der Waals surface area contributed by atoms with Gasteiger partial charge in [-0.05, 0) is 24.3 Å². The number of benzene rings is 2. The lowest BCUT2D eigenvalue weighted by molar-refractivity contribution is -0.116. The van der Waals surface area contributed by atoms with Gasteiger partial charge in [0, 0.05) is 0 Å². The van der Waals surface area contributed by atoms with Crippen molar-refractivity contribution in [1.29, 1.82) is 0 Å². The van der Waals surface area contributed by atoms with Gasteiger partial charge in [0.2, 0.25) is 5.91 Å². The fourth-order valence-corrected chi connectivity index (χ4v) is 4.16. The predicted octanol–water partition coefficient (Wildman–Crippen LogP) is 3.31. The van der Waals surface area contributed by atoms with Crippen molar-refractivity contribution in [3.05, 3.63) is 58.2 Å². The van der Waals surface area contributed by atoms with Crippen LogP contribution in [0, 0.1) is 0 Å². The van der Waals surface area contributed by atoms with E-state index in [0.717, 1.165) is 31.8 Å². The fraction of sp³-hybridized carbons (Fsp3) is 0.0625. The number of hydrogen-bond donors (Lipinski definition) is 1. The van der Waals surface area contributed by atoms with Gasteiger partial charge in [-0.2, -0.15) is 0 Å². The number of carbonyl (C=O) groups is 1. The van der Waals surface area contributed by atoms with Crippen molar-refractivity contribution in [3.63, 3.8) is 0 Å². The van der Waals surface area contributed by atoms with Gasteiger partial charge in [0.1, 0.15) is 6.54 Å². The van der Waals surface area contributed by atoms with Crippen LogP contribution in [-0.4, -0.2) is 15.5 Å². The molecule has 4 rings (SSSR count). The van der Waals surface area contributed by atoms with Gasteiger partial charge in [-0.3, -0.25) is 14.2 Å². The highest BCUT2D eigenvalue weighted by Crippen LogP contribution is 2.25. The Kier molecular flexibility index (Phi) is 3.44. The van der Waals surface area contributed by atoms with Gasteiger partial charge in [0.15, 0.2) is 5.13 Å². The minimum absolute atomic E-state index is 0.0151. The van der Waals surface area contributed by atoms with Gasteiger partial charge < -0.3 is 5.32 Å². The molecule has 2 heterocycles. The summed E-state index contributed by atoms with van der Waals surface area (Å²) in [5.41, 5.74) is 1.63. The molecular formula is C16H11N3O2S2. The van der Waals surface area contributed by atoms with Crippen LogP contribution in [0.4, 0.5) is 5.13 Å². The SMILES string of the molecule is O=C(Cn1c(=O)sc2ccccc21)Nc1nc2ccccc2s1. The second kappa shape index (κ2) is 5.60. The molecule has 0 spiro atoms. The third-order valence-corrected chi connectivity index (χ3v) is 5.33. The summed E-state index contributed by atoms with van der Waals surface area (Å²) in [4.78, 5) is 28.5. The first-order valence-electron chi connectivity index (χ1n) is 6.94. The fourth-order valence-electron chi connectivity index (χ4n) is 2.39. The minimum atomic E-state index is -0.255. The Bertz CT molecular complexity index is 1040. The summed E-state index contributed by atoms with van der Waals surface area (Å²) in [6, 6.07) is 15.2. The van der Waals surface area contributed by atoms with Crippen LogP contribution in [-0.2, 0) is 11.3 Å². The lowest BCUT2D eigenvalue weighted by atomic mass is 10.3.